The fourth-order valence-corrected chi connectivity index (χ4v) is 2.98. The maximum absolute atomic E-state index is 12.3. The number of nitrogens with zero attached hydrogens (tertiary/aromatic N) is 2. The van der Waals surface area contributed by atoms with Crippen molar-refractivity contribution >= 4 is 11.8 Å². The summed E-state index contributed by atoms with van der Waals surface area (Å²) in [5, 5.41) is 3.21. The van der Waals surface area contributed by atoms with Crippen LogP contribution in [0.25, 0.3) is 11.4 Å². The van der Waals surface area contributed by atoms with Gasteiger partial charge < -0.3 is 19.5 Å². The van der Waals surface area contributed by atoms with Gasteiger partial charge in [-0.2, -0.15) is 0 Å². The maximum Gasteiger partial charge on any atom is 0.343 e. The van der Waals surface area contributed by atoms with Crippen molar-refractivity contribution in [2.45, 2.75) is 13.0 Å². The van der Waals surface area contributed by atoms with E-state index in [0.717, 1.165) is 11.3 Å². The number of carbonyl (C=O) groups excluding carboxylic acids is 1. The Kier molecular flexibility index (Phi) is 5.56. The van der Waals surface area contributed by atoms with Crippen LogP contribution in [0.5, 0.6) is 11.5 Å². The molecule has 0 amide bonds. The van der Waals surface area contributed by atoms with Gasteiger partial charge in [0.15, 0.2) is 17.3 Å². The summed E-state index contributed by atoms with van der Waals surface area (Å²) in [5.41, 5.74) is 1.14. The first-order valence-corrected chi connectivity index (χ1v) is 9.46. The summed E-state index contributed by atoms with van der Waals surface area (Å²) >= 11 is 0. The number of esters is 1. The van der Waals surface area contributed by atoms with E-state index in [1.54, 1.807) is 6.92 Å². The first kappa shape index (κ1) is 18.7. The van der Waals surface area contributed by atoms with Crippen molar-refractivity contribution in [1.29, 1.82) is 0 Å². The molecule has 2 aromatic carbocycles. The summed E-state index contributed by atoms with van der Waals surface area (Å²) in [6.45, 7) is 2.84. The number of nitrogens with one attached hydrogen (secondary N) is 1. The zero-order chi connectivity index (χ0) is 20.1. The van der Waals surface area contributed by atoms with Crippen LogP contribution in [0.15, 0.2) is 60.8 Å². The highest BCUT2D eigenvalue weighted by atomic mass is 16.6. The average molecular weight is 391 g/mol. The summed E-state index contributed by atoms with van der Waals surface area (Å²) < 4.78 is 16.9. The summed E-state index contributed by atoms with van der Waals surface area (Å²) in [5.74, 6) is 1.88. The molecule has 3 aromatic rings. The number of hydrogen-bond donors (Lipinski definition) is 1. The van der Waals surface area contributed by atoms with E-state index in [0.29, 0.717) is 30.5 Å². The van der Waals surface area contributed by atoms with E-state index in [9.17, 15) is 4.79 Å². The maximum atomic E-state index is 12.3. The van der Waals surface area contributed by atoms with E-state index in [1.807, 2.05) is 54.6 Å². The molecule has 0 aliphatic carbocycles. The number of anilines is 1. The van der Waals surface area contributed by atoms with Crippen LogP contribution in [0.1, 0.15) is 17.3 Å². The normalized spacial score (nSPS) is 14.9. The number of benzene rings is 2. The summed E-state index contributed by atoms with van der Waals surface area (Å²) in [6.07, 6.45) is 1.26. The molecule has 1 aliphatic rings. The zero-order valence-corrected chi connectivity index (χ0v) is 16.0. The number of para-hydroxylation sites is 2. The highest BCUT2D eigenvalue weighted by Gasteiger charge is 2.22. The molecule has 0 spiro atoms. The predicted octanol–water partition coefficient (Wildman–Crippen LogP) is 3.57. The van der Waals surface area contributed by atoms with Gasteiger partial charge in [-0.3, -0.25) is 0 Å². The highest BCUT2D eigenvalue weighted by Crippen LogP contribution is 2.31. The fourth-order valence-electron chi connectivity index (χ4n) is 2.98. The smallest absolute Gasteiger partial charge is 0.343 e. The van der Waals surface area contributed by atoms with Crippen LogP contribution in [0.2, 0.25) is 0 Å². The van der Waals surface area contributed by atoms with Crippen molar-refractivity contribution in [2.24, 2.45) is 0 Å². The van der Waals surface area contributed by atoms with Gasteiger partial charge in [0.25, 0.3) is 0 Å². The van der Waals surface area contributed by atoms with Crippen LogP contribution in [0.4, 0.5) is 5.82 Å². The van der Waals surface area contributed by atoms with Crippen molar-refractivity contribution in [2.75, 3.05) is 25.1 Å². The second-order valence-electron chi connectivity index (χ2n) is 6.42. The molecule has 7 heteroatoms. The second-order valence-corrected chi connectivity index (χ2v) is 6.42. The molecule has 1 aliphatic heterocycles. The summed E-state index contributed by atoms with van der Waals surface area (Å²) in [7, 11) is 0. The molecule has 0 saturated heterocycles. The highest BCUT2D eigenvalue weighted by molar-refractivity contribution is 5.94. The van der Waals surface area contributed by atoms with Crippen molar-refractivity contribution < 1.29 is 19.0 Å². The number of hydrogen-bond acceptors (Lipinski definition) is 7. The molecule has 4 rings (SSSR count). The van der Waals surface area contributed by atoms with Gasteiger partial charge >= 0.3 is 5.97 Å². The molecule has 29 heavy (non-hydrogen) atoms. The van der Waals surface area contributed by atoms with Crippen LogP contribution in [0.3, 0.4) is 0 Å². The van der Waals surface area contributed by atoms with Crippen molar-refractivity contribution in [3.8, 4) is 22.9 Å². The monoisotopic (exact) mass is 391 g/mol. The van der Waals surface area contributed by atoms with Crippen LogP contribution < -0.4 is 14.8 Å². The summed E-state index contributed by atoms with van der Waals surface area (Å²) in [6, 6.07) is 17.1. The van der Waals surface area contributed by atoms with Crippen molar-refractivity contribution in [3.05, 3.63) is 66.4 Å². The lowest BCUT2D eigenvalue weighted by Gasteiger charge is -2.26. The van der Waals surface area contributed by atoms with Crippen LogP contribution in [-0.2, 0) is 4.74 Å². The molecule has 0 saturated carbocycles. The van der Waals surface area contributed by atoms with E-state index in [2.05, 4.69) is 15.3 Å². The minimum atomic E-state index is -0.472. The Morgan fingerprint density at radius 1 is 1.14 bits per heavy atom. The standard InChI is InChI=1S/C22H21N3O4/c1-2-27-22(26)17-13-24-20(15-8-4-3-5-9-15)25-21(17)23-12-16-14-28-18-10-6-7-11-19(18)29-16/h3-11,13,16H,2,12,14H2,1H3,(H,23,24,25). The van der Waals surface area contributed by atoms with E-state index < -0.39 is 5.97 Å². The first-order chi connectivity index (χ1) is 14.2. The van der Waals surface area contributed by atoms with Crippen LogP contribution in [-0.4, -0.2) is 41.8 Å². The van der Waals surface area contributed by atoms with Gasteiger partial charge in [0.05, 0.1) is 13.2 Å². The lowest BCUT2D eigenvalue weighted by molar-refractivity contribution is 0.0526. The molecule has 0 bridgehead atoms. The Morgan fingerprint density at radius 3 is 2.69 bits per heavy atom. The molecule has 2 heterocycles. The van der Waals surface area contributed by atoms with Gasteiger partial charge in [-0.1, -0.05) is 42.5 Å². The number of rotatable bonds is 6. The van der Waals surface area contributed by atoms with Gasteiger partial charge in [-0.15, -0.1) is 0 Å². The van der Waals surface area contributed by atoms with Gasteiger partial charge in [0.2, 0.25) is 0 Å². The predicted molar refractivity (Wildman–Crippen MR) is 108 cm³/mol. The first-order valence-electron chi connectivity index (χ1n) is 9.46. The second kappa shape index (κ2) is 8.60. The van der Waals surface area contributed by atoms with Gasteiger partial charge in [-0.25, -0.2) is 14.8 Å². The average Bonchev–Trinajstić information content (AvgIpc) is 2.78. The molecule has 148 valence electrons. The quantitative estimate of drug-likeness (QED) is 0.643. The van der Waals surface area contributed by atoms with Crippen LogP contribution >= 0.6 is 0 Å². The largest absolute Gasteiger partial charge is 0.486 e. The molecular formula is C22H21N3O4. The third kappa shape index (κ3) is 4.29. The molecule has 0 fully saturated rings. The molecule has 1 N–H and O–H groups in total. The summed E-state index contributed by atoms with van der Waals surface area (Å²) in [4.78, 5) is 21.2. The van der Waals surface area contributed by atoms with Crippen molar-refractivity contribution in [3.63, 3.8) is 0 Å². The Morgan fingerprint density at radius 2 is 1.90 bits per heavy atom. The zero-order valence-electron chi connectivity index (χ0n) is 16.0. The third-order valence-corrected chi connectivity index (χ3v) is 4.38. The Balaban J connectivity index is 1.55. The Hall–Kier alpha value is -3.61. The van der Waals surface area contributed by atoms with Crippen molar-refractivity contribution in [1.82, 2.24) is 9.97 Å². The molecule has 0 radical (unpaired) electrons. The lowest BCUT2D eigenvalue weighted by Crippen LogP contribution is -2.35. The molecule has 1 atom stereocenters. The fraction of sp³-hybridized carbons (Fsp3) is 0.227. The van der Waals surface area contributed by atoms with E-state index in [1.165, 1.54) is 6.20 Å². The number of aromatic nitrogens is 2. The topological polar surface area (TPSA) is 82.6 Å². The Bertz CT molecular complexity index is 994. The van der Waals surface area contributed by atoms with E-state index >= 15 is 0 Å². The lowest BCUT2D eigenvalue weighted by atomic mass is 10.2. The Labute approximate surface area is 168 Å². The minimum absolute atomic E-state index is 0.227. The molecular weight excluding hydrogens is 370 g/mol. The number of carbonyl (C=O) groups is 1. The van der Waals surface area contributed by atoms with Gasteiger partial charge in [0, 0.05) is 11.8 Å². The van der Waals surface area contributed by atoms with Gasteiger partial charge in [-0.05, 0) is 19.1 Å². The SMILES string of the molecule is CCOC(=O)c1cnc(-c2ccccc2)nc1NCC1COc2ccccc2O1. The van der Waals surface area contributed by atoms with Crippen LogP contribution in [0, 0.1) is 0 Å². The molecule has 7 nitrogen and oxygen atoms in total. The van der Waals surface area contributed by atoms with E-state index in [4.69, 9.17) is 14.2 Å². The minimum Gasteiger partial charge on any atom is -0.486 e. The number of ether oxygens (including phenoxy) is 3. The third-order valence-electron chi connectivity index (χ3n) is 4.38. The molecule has 1 aromatic heterocycles. The van der Waals surface area contributed by atoms with Gasteiger partial charge in [0.1, 0.15) is 24.1 Å². The number of fused-ring (bicyclic) bond motifs is 1. The molecule has 1 unspecified atom stereocenters. The van der Waals surface area contributed by atoms with E-state index in [-0.39, 0.29) is 18.3 Å².